The number of rotatable bonds is 5. The number of aromatic nitrogens is 2. The number of hydrogen-bond donors (Lipinski definition) is 1. The molecule has 1 aliphatic rings. The van der Waals surface area contributed by atoms with Crippen LogP contribution in [-0.2, 0) is 9.53 Å². The van der Waals surface area contributed by atoms with Gasteiger partial charge in [-0.05, 0) is 25.0 Å². The van der Waals surface area contributed by atoms with Crippen molar-refractivity contribution < 1.29 is 9.53 Å². The van der Waals surface area contributed by atoms with Crippen LogP contribution in [0.25, 0.3) is 0 Å². The van der Waals surface area contributed by atoms with Crippen LogP contribution in [0.2, 0.25) is 5.15 Å². The van der Waals surface area contributed by atoms with Crippen LogP contribution >= 0.6 is 11.6 Å². The summed E-state index contributed by atoms with van der Waals surface area (Å²) in [5, 5.41) is 11.2. The van der Waals surface area contributed by atoms with Crippen LogP contribution in [0.4, 0.5) is 5.82 Å². The fourth-order valence-corrected chi connectivity index (χ4v) is 2.40. The highest BCUT2D eigenvalue weighted by atomic mass is 35.5. The molecule has 0 aromatic carbocycles. The summed E-state index contributed by atoms with van der Waals surface area (Å²) in [6.07, 6.45) is 1.86. The molecule has 1 atom stereocenters. The molecule has 1 aromatic rings. The summed E-state index contributed by atoms with van der Waals surface area (Å²) in [4.78, 5) is 14.1. The fraction of sp³-hybridized carbons (Fsp3) is 0.615. The Balaban J connectivity index is 1.91. The van der Waals surface area contributed by atoms with E-state index in [2.05, 4.69) is 20.4 Å². The molecule has 110 valence electrons. The van der Waals surface area contributed by atoms with Gasteiger partial charge in [0.2, 0.25) is 5.91 Å². The Morgan fingerprint density at radius 3 is 3.10 bits per heavy atom. The third-order valence-corrected chi connectivity index (χ3v) is 3.54. The lowest BCUT2D eigenvalue weighted by Crippen LogP contribution is -2.44. The molecule has 2 rings (SSSR count). The van der Waals surface area contributed by atoms with Gasteiger partial charge >= 0.3 is 0 Å². The van der Waals surface area contributed by atoms with Gasteiger partial charge in [-0.25, -0.2) is 0 Å². The molecule has 1 unspecified atom stereocenters. The minimum Gasteiger partial charge on any atom is -0.383 e. The Morgan fingerprint density at radius 2 is 2.40 bits per heavy atom. The van der Waals surface area contributed by atoms with Crippen molar-refractivity contribution in [2.24, 2.45) is 5.92 Å². The van der Waals surface area contributed by atoms with Crippen molar-refractivity contribution in [1.82, 2.24) is 15.5 Å². The third-order valence-electron chi connectivity index (χ3n) is 3.34. The summed E-state index contributed by atoms with van der Waals surface area (Å²) in [6.45, 7) is 2.63. The van der Waals surface area contributed by atoms with E-state index in [1.54, 1.807) is 13.2 Å². The number of carbonyl (C=O) groups excluding carboxylic acids is 1. The van der Waals surface area contributed by atoms with Gasteiger partial charge in [0.05, 0.1) is 12.5 Å². The monoisotopic (exact) mass is 298 g/mol. The Bertz CT molecular complexity index is 441. The molecule has 0 radical (unpaired) electrons. The number of nitrogens with zero attached hydrogens (tertiary/aromatic N) is 3. The summed E-state index contributed by atoms with van der Waals surface area (Å²) in [5.41, 5.74) is 0. The Kier molecular flexibility index (Phi) is 5.55. The van der Waals surface area contributed by atoms with Crippen molar-refractivity contribution in [2.75, 3.05) is 38.3 Å². The zero-order valence-corrected chi connectivity index (χ0v) is 12.3. The fourth-order valence-electron chi connectivity index (χ4n) is 2.30. The normalized spacial score (nSPS) is 18.9. The van der Waals surface area contributed by atoms with Crippen LogP contribution in [0, 0.1) is 5.92 Å². The molecule has 6 nitrogen and oxygen atoms in total. The maximum absolute atomic E-state index is 12.1. The van der Waals surface area contributed by atoms with Gasteiger partial charge in [-0.2, -0.15) is 0 Å². The van der Waals surface area contributed by atoms with E-state index >= 15 is 0 Å². The topological polar surface area (TPSA) is 67.3 Å². The lowest BCUT2D eigenvalue weighted by molar-refractivity contribution is -0.125. The predicted molar refractivity (Wildman–Crippen MR) is 76.9 cm³/mol. The molecule has 0 saturated carbocycles. The van der Waals surface area contributed by atoms with Crippen molar-refractivity contribution in [2.45, 2.75) is 12.8 Å². The van der Waals surface area contributed by atoms with E-state index in [9.17, 15) is 4.79 Å². The average molecular weight is 299 g/mol. The zero-order chi connectivity index (χ0) is 14.4. The highest BCUT2D eigenvalue weighted by molar-refractivity contribution is 6.29. The van der Waals surface area contributed by atoms with E-state index in [1.165, 1.54) is 0 Å². The first-order valence-electron chi connectivity index (χ1n) is 6.71. The number of methoxy groups -OCH3 is 1. The van der Waals surface area contributed by atoms with Crippen LogP contribution < -0.4 is 10.2 Å². The van der Waals surface area contributed by atoms with Gasteiger partial charge in [-0.1, -0.05) is 11.6 Å². The molecule has 1 saturated heterocycles. The standard InChI is InChI=1S/C13H19ClN4O2/c1-20-8-6-15-13(19)10-3-2-7-18(9-10)12-5-4-11(14)16-17-12/h4-5,10H,2-3,6-9H2,1H3,(H,15,19). The van der Waals surface area contributed by atoms with Gasteiger partial charge in [-0.15, -0.1) is 10.2 Å². The van der Waals surface area contributed by atoms with Gasteiger partial charge in [-0.3, -0.25) is 4.79 Å². The van der Waals surface area contributed by atoms with Crippen LogP contribution in [0.1, 0.15) is 12.8 Å². The largest absolute Gasteiger partial charge is 0.383 e. The first-order chi connectivity index (χ1) is 9.70. The minimum atomic E-state index is -0.0157. The number of nitrogens with one attached hydrogen (secondary N) is 1. The Labute approximate surface area is 123 Å². The third kappa shape index (κ3) is 4.05. The number of piperidine rings is 1. The molecule has 7 heteroatoms. The summed E-state index contributed by atoms with van der Waals surface area (Å²) in [7, 11) is 1.62. The molecule has 1 N–H and O–H groups in total. The SMILES string of the molecule is COCCNC(=O)C1CCCN(c2ccc(Cl)nn2)C1. The quantitative estimate of drug-likeness (QED) is 0.825. The number of anilines is 1. The van der Waals surface area contributed by atoms with Crippen molar-refractivity contribution >= 4 is 23.3 Å². The van der Waals surface area contributed by atoms with Crippen molar-refractivity contribution in [3.8, 4) is 0 Å². The van der Waals surface area contributed by atoms with Crippen LogP contribution in [0.5, 0.6) is 0 Å². The molecule has 1 aliphatic heterocycles. The lowest BCUT2D eigenvalue weighted by Gasteiger charge is -2.32. The lowest BCUT2D eigenvalue weighted by atomic mass is 9.97. The molecule has 0 bridgehead atoms. The zero-order valence-electron chi connectivity index (χ0n) is 11.5. The molecule has 20 heavy (non-hydrogen) atoms. The highest BCUT2D eigenvalue weighted by Gasteiger charge is 2.26. The number of ether oxygens (including phenoxy) is 1. The van der Waals surface area contributed by atoms with E-state index in [0.29, 0.717) is 24.8 Å². The second-order valence-corrected chi connectivity index (χ2v) is 5.17. The van der Waals surface area contributed by atoms with Gasteiger partial charge in [0.1, 0.15) is 0 Å². The first-order valence-corrected chi connectivity index (χ1v) is 7.09. The van der Waals surface area contributed by atoms with Crippen molar-refractivity contribution in [1.29, 1.82) is 0 Å². The van der Waals surface area contributed by atoms with Crippen molar-refractivity contribution in [3.63, 3.8) is 0 Å². The molecule has 1 fully saturated rings. The molecular weight excluding hydrogens is 280 g/mol. The first kappa shape index (κ1) is 15.0. The van der Waals surface area contributed by atoms with E-state index in [-0.39, 0.29) is 11.8 Å². The maximum Gasteiger partial charge on any atom is 0.224 e. The van der Waals surface area contributed by atoms with E-state index in [1.807, 2.05) is 6.07 Å². The van der Waals surface area contributed by atoms with E-state index in [0.717, 1.165) is 25.2 Å². The second kappa shape index (κ2) is 7.40. The summed E-state index contributed by atoms with van der Waals surface area (Å²) in [5.74, 6) is 0.829. The molecule has 0 spiro atoms. The number of carbonyl (C=O) groups is 1. The van der Waals surface area contributed by atoms with Gasteiger partial charge in [0, 0.05) is 26.7 Å². The summed E-state index contributed by atoms with van der Waals surface area (Å²) < 4.78 is 4.93. The smallest absolute Gasteiger partial charge is 0.224 e. The van der Waals surface area contributed by atoms with Crippen molar-refractivity contribution in [3.05, 3.63) is 17.3 Å². The average Bonchev–Trinajstić information content (AvgIpc) is 2.48. The van der Waals surface area contributed by atoms with Crippen LogP contribution in [-0.4, -0.2) is 49.5 Å². The molecule has 2 heterocycles. The molecule has 0 aliphatic carbocycles. The number of hydrogen-bond acceptors (Lipinski definition) is 5. The van der Waals surface area contributed by atoms with E-state index in [4.69, 9.17) is 16.3 Å². The van der Waals surface area contributed by atoms with Gasteiger partial charge in [0.15, 0.2) is 11.0 Å². The van der Waals surface area contributed by atoms with E-state index < -0.39 is 0 Å². The summed E-state index contributed by atoms with van der Waals surface area (Å²) in [6, 6.07) is 3.55. The molecule has 1 amide bonds. The van der Waals surface area contributed by atoms with Crippen LogP contribution in [0.3, 0.4) is 0 Å². The second-order valence-electron chi connectivity index (χ2n) is 4.78. The predicted octanol–water partition coefficient (Wildman–Crippen LogP) is 1.11. The Morgan fingerprint density at radius 1 is 1.55 bits per heavy atom. The molecular formula is C13H19ClN4O2. The Hall–Kier alpha value is -1.40. The van der Waals surface area contributed by atoms with Gasteiger partial charge in [0.25, 0.3) is 0 Å². The highest BCUT2D eigenvalue weighted by Crippen LogP contribution is 2.21. The minimum absolute atomic E-state index is 0.0157. The number of amides is 1. The molecule has 1 aromatic heterocycles. The van der Waals surface area contributed by atoms with Crippen LogP contribution in [0.15, 0.2) is 12.1 Å². The van der Waals surface area contributed by atoms with Gasteiger partial charge < -0.3 is 15.0 Å². The number of halogens is 1. The maximum atomic E-state index is 12.1. The summed E-state index contributed by atoms with van der Waals surface area (Å²) >= 11 is 5.73.